The topological polar surface area (TPSA) is 35.5 Å². The van der Waals surface area contributed by atoms with Crippen molar-refractivity contribution in [2.24, 2.45) is 0 Å². The summed E-state index contributed by atoms with van der Waals surface area (Å²) in [5, 5.41) is 0. The Balaban J connectivity index is 2.24. The van der Waals surface area contributed by atoms with Crippen molar-refractivity contribution < 1.29 is 14.3 Å². The van der Waals surface area contributed by atoms with E-state index in [0.717, 1.165) is 25.0 Å². The summed E-state index contributed by atoms with van der Waals surface area (Å²) >= 11 is 0. The molecule has 0 N–H and O–H groups in total. The summed E-state index contributed by atoms with van der Waals surface area (Å²) in [4.78, 5) is 10.9. The van der Waals surface area contributed by atoms with Gasteiger partial charge in [-0.3, -0.25) is 4.79 Å². The highest BCUT2D eigenvalue weighted by Gasteiger charge is 2.00. The summed E-state index contributed by atoms with van der Waals surface area (Å²) in [6, 6.07) is 8.01. The lowest BCUT2D eigenvalue weighted by atomic mass is 10.1. The molecule has 0 aromatic heterocycles. The lowest BCUT2D eigenvalue weighted by Gasteiger charge is -2.03. The molecule has 0 heterocycles. The van der Waals surface area contributed by atoms with Crippen molar-refractivity contribution in [3.05, 3.63) is 29.8 Å². The summed E-state index contributed by atoms with van der Waals surface area (Å²) in [6.07, 6.45) is 3.37. The summed E-state index contributed by atoms with van der Waals surface area (Å²) in [6.45, 7) is 0. The number of benzene rings is 1. The van der Waals surface area contributed by atoms with Crippen LogP contribution in [0.4, 0.5) is 0 Å². The largest absolute Gasteiger partial charge is 0.497 e. The zero-order chi connectivity index (χ0) is 11.8. The predicted octanol–water partition coefficient (Wildman–Crippen LogP) is 2.58. The molecular formula is C13H18O3. The maximum absolute atomic E-state index is 10.9. The Morgan fingerprint density at radius 1 is 1.12 bits per heavy atom. The molecule has 1 aromatic carbocycles. The lowest BCUT2D eigenvalue weighted by Crippen LogP contribution is -1.99. The number of esters is 1. The van der Waals surface area contributed by atoms with Gasteiger partial charge in [0.1, 0.15) is 5.75 Å². The molecule has 0 fully saturated rings. The summed E-state index contributed by atoms with van der Waals surface area (Å²) < 4.78 is 9.66. The van der Waals surface area contributed by atoms with E-state index in [2.05, 4.69) is 16.9 Å². The van der Waals surface area contributed by atoms with Crippen LogP contribution >= 0.6 is 0 Å². The Hall–Kier alpha value is -1.51. The fourth-order valence-electron chi connectivity index (χ4n) is 1.49. The van der Waals surface area contributed by atoms with Gasteiger partial charge in [0.25, 0.3) is 0 Å². The van der Waals surface area contributed by atoms with Crippen LogP contribution in [0.25, 0.3) is 0 Å². The number of carbonyl (C=O) groups excluding carboxylic acids is 1. The average molecular weight is 222 g/mol. The zero-order valence-corrected chi connectivity index (χ0v) is 9.86. The van der Waals surface area contributed by atoms with E-state index in [1.54, 1.807) is 7.11 Å². The molecule has 0 aliphatic carbocycles. The van der Waals surface area contributed by atoms with Crippen molar-refractivity contribution in [1.82, 2.24) is 0 Å². The van der Waals surface area contributed by atoms with Crippen LogP contribution in [0.5, 0.6) is 5.75 Å². The first-order valence-electron chi connectivity index (χ1n) is 5.46. The van der Waals surface area contributed by atoms with Crippen LogP contribution in [0.3, 0.4) is 0 Å². The first kappa shape index (κ1) is 12.6. The van der Waals surface area contributed by atoms with Crippen LogP contribution in [-0.2, 0) is 16.0 Å². The molecule has 0 spiro atoms. The minimum atomic E-state index is -0.130. The van der Waals surface area contributed by atoms with Gasteiger partial charge in [-0.05, 0) is 37.0 Å². The zero-order valence-electron chi connectivity index (χ0n) is 9.86. The second-order valence-corrected chi connectivity index (χ2v) is 3.63. The van der Waals surface area contributed by atoms with E-state index in [-0.39, 0.29) is 5.97 Å². The fraction of sp³-hybridized carbons (Fsp3) is 0.462. The highest BCUT2D eigenvalue weighted by atomic mass is 16.5. The average Bonchev–Trinajstić information content (AvgIpc) is 2.35. The number of hydrogen-bond acceptors (Lipinski definition) is 3. The minimum Gasteiger partial charge on any atom is -0.497 e. The van der Waals surface area contributed by atoms with Crippen LogP contribution < -0.4 is 4.74 Å². The molecule has 16 heavy (non-hydrogen) atoms. The van der Waals surface area contributed by atoms with Crippen molar-refractivity contribution in [2.75, 3.05) is 14.2 Å². The number of hydrogen-bond donors (Lipinski definition) is 0. The van der Waals surface area contributed by atoms with Crippen molar-refractivity contribution in [2.45, 2.75) is 25.7 Å². The molecule has 1 rings (SSSR count). The van der Waals surface area contributed by atoms with Gasteiger partial charge in [0, 0.05) is 6.42 Å². The highest BCUT2D eigenvalue weighted by molar-refractivity contribution is 5.68. The van der Waals surface area contributed by atoms with Crippen LogP contribution in [0.1, 0.15) is 24.8 Å². The molecule has 0 unspecified atom stereocenters. The fourth-order valence-corrected chi connectivity index (χ4v) is 1.49. The van der Waals surface area contributed by atoms with E-state index in [1.807, 2.05) is 12.1 Å². The van der Waals surface area contributed by atoms with Crippen LogP contribution in [0, 0.1) is 0 Å². The van der Waals surface area contributed by atoms with Gasteiger partial charge in [0.15, 0.2) is 0 Å². The van der Waals surface area contributed by atoms with E-state index < -0.39 is 0 Å². The van der Waals surface area contributed by atoms with Crippen LogP contribution in [-0.4, -0.2) is 20.2 Å². The number of methoxy groups -OCH3 is 2. The molecule has 0 atom stereocenters. The van der Waals surface area contributed by atoms with Gasteiger partial charge in [-0.25, -0.2) is 0 Å². The SMILES string of the molecule is COC(=O)CCCCc1ccc(OC)cc1. The molecule has 88 valence electrons. The lowest BCUT2D eigenvalue weighted by molar-refractivity contribution is -0.140. The molecule has 3 heteroatoms. The van der Waals surface area contributed by atoms with Gasteiger partial charge >= 0.3 is 5.97 Å². The van der Waals surface area contributed by atoms with Crippen LogP contribution in [0.2, 0.25) is 0 Å². The Morgan fingerprint density at radius 2 is 1.81 bits per heavy atom. The number of ether oxygens (including phenoxy) is 2. The van der Waals surface area contributed by atoms with Gasteiger partial charge in [-0.1, -0.05) is 12.1 Å². The second kappa shape index (κ2) is 6.88. The molecule has 0 saturated heterocycles. The Kier molecular flexibility index (Phi) is 5.40. The van der Waals surface area contributed by atoms with E-state index in [0.29, 0.717) is 6.42 Å². The van der Waals surface area contributed by atoms with Crippen molar-refractivity contribution in [1.29, 1.82) is 0 Å². The molecule has 0 aliphatic heterocycles. The van der Waals surface area contributed by atoms with Crippen molar-refractivity contribution in [3.8, 4) is 5.75 Å². The number of rotatable bonds is 6. The number of aryl methyl sites for hydroxylation is 1. The monoisotopic (exact) mass is 222 g/mol. The third-order valence-electron chi connectivity index (χ3n) is 2.48. The Bertz CT molecular complexity index is 316. The first-order valence-corrected chi connectivity index (χ1v) is 5.46. The molecule has 0 bridgehead atoms. The van der Waals surface area contributed by atoms with Gasteiger partial charge in [0.2, 0.25) is 0 Å². The molecule has 1 aromatic rings. The maximum atomic E-state index is 10.9. The van der Waals surface area contributed by atoms with Gasteiger partial charge in [0.05, 0.1) is 14.2 Å². The van der Waals surface area contributed by atoms with E-state index in [1.165, 1.54) is 12.7 Å². The Labute approximate surface area is 96.4 Å². The molecule has 0 radical (unpaired) electrons. The molecule has 3 nitrogen and oxygen atoms in total. The van der Waals surface area contributed by atoms with Gasteiger partial charge in [-0.2, -0.15) is 0 Å². The Morgan fingerprint density at radius 3 is 2.38 bits per heavy atom. The second-order valence-electron chi connectivity index (χ2n) is 3.63. The van der Waals surface area contributed by atoms with E-state index in [9.17, 15) is 4.79 Å². The standard InChI is InChI=1S/C13H18O3/c1-15-12-9-7-11(8-10-12)5-3-4-6-13(14)16-2/h7-10H,3-6H2,1-2H3. The summed E-state index contributed by atoms with van der Waals surface area (Å²) in [7, 11) is 3.08. The van der Waals surface area contributed by atoms with Crippen molar-refractivity contribution in [3.63, 3.8) is 0 Å². The summed E-state index contributed by atoms with van der Waals surface area (Å²) in [5.41, 5.74) is 1.27. The quantitative estimate of drug-likeness (QED) is 0.548. The first-order chi connectivity index (χ1) is 7.76. The highest BCUT2D eigenvalue weighted by Crippen LogP contribution is 2.13. The van der Waals surface area contributed by atoms with Crippen LogP contribution in [0.15, 0.2) is 24.3 Å². The third kappa shape index (κ3) is 4.34. The minimum absolute atomic E-state index is 0.130. The van der Waals surface area contributed by atoms with Gasteiger partial charge < -0.3 is 9.47 Å². The van der Waals surface area contributed by atoms with Gasteiger partial charge in [-0.15, -0.1) is 0 Å². The smallest absolute Gasteiger partial charge is 0.305 e. The molecule has 0 saturated carbocycles. The third-order valence-corrected chi connectivity index (χ3v) is 2.48. The number of carbonyl (C=O) groups is 1. The van der Waals surface area contributed by atoms with Crippen molar-refractivity contribution >= 4 is 5.97 Å². The molecule has 0 aliphatic rings. The summed E-state index contributed by atoms with van der Waals surface area (Å²) in [5.74, 6) is 0.744. The maximum Gasteiger partial charge on any atom is 0.305 e. The normalized spacial score (nSPS) is 9.88. The molecule has 0 amide bonds. The van der Waals surface area contributed by atoms with E-state index in [4.69, 9.17) is 4.74 Å². The van der Waals surface area contributed by atoms with E-state index >= 15 is 0 Å². The molecular weight excluding hydrogens is 204 g/mol. The predicted molar refractivity (Wildman–Crippen MR) is 62.6 cm³/mol. The number of unbranched alkanes of at least 4 members (excludes halogenated alkanes) is 1.